The molecule has 3 aliphatic carbocycles. The Kier molecular flexibility index (Phi) is 10.8. The van der Waals surface area contributed by atoms with E-state index >= 15 is 0 Å². The first-order valence-electron chi connectivity index (χ1n) is 15.2. The van der Waals surface area contributed by atoms with E-state index in [9.17, 15) is 4.79 Å². The van der Waals surface area contributed by atoms with Gasteiger partial charge in [0.05, 0.1) is 0 Å². The second kappa shape index (κ2) is 13.6. The van der Waals surface area contributed by atoms with Crippen molar-refractivity contribution < 1.29 is 4.79 Å². The summed E-state index contributed by atoms with van der Waals surface area (Å²) >= 11 is 0. The molecule has 0 saturated heterocycles. The monoisotopic (exact) mass is 536 g/mol. The smallest absolute Gasteiger partial charge is 0.146 e. The molecule has 1 nitrogen and oxygen atoms in total. The summed E-state index contributed by atoms with van der Waals surface area (Å²) in [6.07, 6.45) is 37.3. The van der Waals surface area contributed by atoms with Gasteiger partial charge in [-0.2, -0.15) is 0 Å². The largest absolute Gasteiger partial charge is 0.298 e. The first-order valence-corrected chi connectivity index (χ1v) is 15.2. The van der Waals surface area contributed by atoms with Gasteiger partial charge in [0.15, 0.2) is 0 Å². The number of aldehydes is 1. The predicted molar refractivity (Wildman–Crippen MR) is 175 cm³/mol. The average Bonchev–Trinajstić information content (AvgIpc) is 2.86. The van der Waals surface area contributed by atoms with E-state index in [1.807, 2.05) is 6.08 Å². The molecule has 1 unspecified atom stereocenters. The fourth-order valence-electron chi connectivity index (χ4n) is 6.58. The molecule has 1 heteroatoms. The molecule has 1 atom stereocenters. The van der Waals surface area contributed by atoms with Crippen LogP contribution in [0.2, 0.25) is 0 Å². The molecule has 0 aromatic heterocycles. The summed E-state index contributed by atoms with van der Waals surface area (Å²) in [4.78, 5) is 11.9. The van der Waals surface area contributed by atoms with E-state index in [0.29, 0.717) is 0 Å². The van der Waals surface area contributed by atoms with Gasteiger partial charge in [-0.05, 0) is 93.3 Å². The standard InChI is InChI=1S/C39H52O/c1-30(21-24-36-32(3)18-15-26-38(36,6)7)16-13-19-33-22-23-34(29-40)39(8,28-33)27-12-10-9-11-20-35-31(2)17-14-25-37(35,4)5/h9-13,16,19-24,27,29H,14-15,17-18,25-26,28H2,1-8H3. The maximum atomic E-state index is 11.9. The van der Waals surface area contributed by atoms with Crippen molar-refractivity contribution in [3.63, 3.8) is 0 Å². The Balaban J connectivity index is 1.64. The molecule has 0 aromatic carbocycles. The minimum atomic E-state index is -0.316. The van der Waals surface area contributed by atoms with Crippen LogP contribution in [0.4, 0.5) is 0 Å². The molecule has 214 valence electrons. The number of rotatable bonds is 9. The van der Waals surface area contributed by atoms with E-state index in [1.54, 1.807) is 0 Å². The van der Waals surface area contributed by atoms with Gasteiger partial charge in [0.25, 0.3) is 0 Å². The van der Waals surface area contributed by atoms with Gasteiger partial charge in [0.1, 0.15) is 6.29 Å². The quantitative estimate of drug-likeness (QED) is 0.211. The van der Waals surface area contributed by atoms with Crippen LogP contribution in [0.1, 0.15) is 100 Å². The summed E-state index contributed by atoms with van der Waals surface area (Å²) in [6, 6.07) is 0. The molecule has 0 N–H and O–H groups in total. The van der Waals surface area contributed by atoms with Crippen molar-refractivity contribution in [2.75, 3.05) is 0 Å². The van der Waals surface area contributed by atoms with Gasteiger partial charge in [-0.1, -0.05) is 130 Å². The summed E-state index contributed by atoms with van der Waals surface area (Å²) in [5.74, 6) is 0. The third-order valence-corrected chi connectivity index (χ3v) is 9.16. The lowest BCUT2D eigenvalue weighted by Gasteiger charge is -2.32. The van der Waals surface area contributed by atoms with Gasteiger partial charge < -0.3 is 0 Å². The van der Waals surface area contributed by atoms with Gasteiger partial charge in [-0.3, -0.25) is 4.79 Å². The molecule has 40 heavy (non-hydrogen) atoms. The Morgan fingerprint density at radius 2 is 1.35 bits per heavy atom. The average molecular weight is 537 g/mol. The van der Waals surface area contributed by atoms with Crippen LogP contribution in [0.25, 0.3) is 0 Å². The summed E-state index contributed by atoms with van der Waals surface area (Å²) < 4.78 is 0. The molecule has 0 saturated carbocycles. The van der Waals surface area contributed by atoms with E-state index in [1.165, 1.54) is 72.0 Å². The van der Waals surface area contributed by atoms with Crippen LogP contribution in [0.15, 0.2) is 118 Å². The van der Waals surface area contributed by atoms with E-state index in [2.05, 4.69) is 128 Å². The molecule has 0 bridgehead atoms. The van der Waals surface area contributed by atoms with Crippen LogP contribution in [0, 0.1) is 16.2 Å². The van der Waals surface area contributed by atoms with Crippen LogP contribution in [-0.2, 0) is 4.79 Å². The molecule has 0 aromatic rings. The fourth-order valence-corrected chi connectivity index (χ4v) is 6.58. The highest BCUT2D eigenvalue weighted by atomic mass is 16.1. The summed E-state index contributed by atoms with van der Waals surface area (Å²) in [5.41, 5.74) is 9.50. The maximum Gasteiger partial charge on any atom is 0.146 e. The Morgan fingerprint density at radius 1 is 0.750 bits per heavy atom. The van der Waals surface area contributed by atoms with Gasteiger partial charge in [-0.15, -0.1) is 0 Å². The van der Waals surface area contributed by atoms with Crippen LogP contribution < -0.4 is 0 Å². The zero-order chi connectivity index (χ0) is 29.4. The van der Waals surface area contributed by atoms with Gasteiger partial charge in [0.2, 0.25) is 0 Å². The molecule has 3 aliphatic rings. The lowest BCUT2D eigenvalue weighted by molar-refractivity contribution is -0.105. The van der Waals surface area contributed by atoms with Crippen LogP contribution in [0.3, 0.4) is 0 Å². The third-order valence-electron chi connectivity index (χ3n) is 9.16. The molecule has 0 heterocycles. The van der Waals surface area contributed by atoms with Crippen molar-refractivity contribution >= 4 is 6.29 Å². The Morgan fingerprint density at radius 3 is 1.95 bits per heavy atom. The number of carbonyl (C=O) groups excluding carboxylic acids is 1. The Labute approximate surface area is 245 Å². The SMILES string of the molecule is CC(C=CC1=C(C)CCCC1(C)C)=CC=CC1=CC=C(C=O)C(C)(C=CC=CC=CC2=C(C)CCCC2(C)C)C1. The lowest BCUT2D eigenvalue weighted by atomic mass is 9.72. The topological polar surface area (TPSA) is 17.1 Å². The van der Waals surface area contributed by atoms with Crippen molar-refractivity contribution in [1.29, 1.82) is 0 Å². The molecule has 0 radical (unpaired) electrons. The van der Waals surface area contributed by atoms with Gasteiger partial charge in [-0.25, -0.2) is 0 Å². The minimum absolute atomic E-state index is 0.255. The maximum absolute atomic E-state index is 11.9. The fraction of sp³-hybridized carbons (Fsp3) is 0.462. The molecular weight excluding hydrogens is 484 g/mol. The normalized spacial score (nSPS) is 26.1. The number of hydrogen-bond donors (Lipinski definition) is 0. The van der Waals surface area contributed by atoms with Crippen LogP contribution in [-0.4, -0.2) is 6.29 Å². The van der Waals surface area contributed by atoms with E-state index in [4.69, 9.17) is 0 Å². The zero-order valence-electron chi connectivity index (χ0n) is 26.4. The highest BCUT2D eigenvalue weighted by Gasteiger charge is 2.29. The van der Waals surface area contributed by atoms with Crippen molar-refractivity contribution in [3.8, 4) is 0 Å². The van der Waals surface area contributed by atoms with Crippen molar-refractivity contribution in [3.05, 3.63) is 118 Å². The first kappa shape index (κ1) is 31.6. The van der Waals surface area contributed by atoms with Crippen molar-refractivity contribution in [1.82, 2.24) is 0 Å². The molecular formula is C39H52O. The lowest BCUT2D eigenvalue weighted by Crippen LogP contribution is -2.20. The highest BCUT2D eigenvalue weighted by Crippen LogP contribution is 2.42. The first-order chi connectivity index (χ1) is 18.9. The van der Waals surface area contributed by atoms with Gasteiger partial charge in [0, 0.05) is 11.0 Å². The molecule has 0 fully saturated rings. The molecule has 0 aliphatic heterocycles. The zero-order valence-corrected chi connectivity index (χ0v) is 26.4. The minimum Gasteiger partial charge on any atom is -0.298 e. The Hall–Kier alpha value is -2.93. The van der Waals surface area contributed by atoms with Crippen molar-refractivity contribution in [2.24, 2.45) is 16.2 Å². The molecule has 0 spiro atoms. The van der Waals surface area contributed by atoms with Gasteiger partial charge >= 0.3 is 0 Å². The van der Waals surface area contributed by atoms with E-state index in [0.717, 1.165) is 18.3 Å². The predicted octanol–water partition coefficient (Wildman–Crippen LogP) is 11.2. The van der Waals surface area contributed by atoms with Crippen LogP contribution in [0.5, 0.6) is 0 Å². The summed E-state index contributed by atoms with van der Waals surface area (Å²) in [6.45, 7) is 18.3. The van der Waals surface area contributed by atoms with E-state index in [-0.39, 0.29) is 16.2 Å². The molecule has 3 rings (SSSR count). The number of allylic oxidation sites excluding steroid dienone is 20. The second-order valence-electron chi connectivity index (χ2n) is 13.6. The second-order valence-corrected chi connectivity index (χ2v) is 13.6. The summed E-state index contributed by atoms with van der Waals surface area (Å²) in [5, 5.41) is 0. The summed E-state index contributed by atoms with van der Waals surface area (Å²) in [7, 11) is 0. The number of carbonyl (C=O) groups is 1. The number of hydrogen-bond acceptors (Lipinski definition) is 1. The molecule has 0 amide bonds. The Bertz CT molecular complexity index is 1260. The third kappa shape index (κ3) is 8.29. The highest BCUT2D eigenvalue weighted by molar-refractivity contribution is 5.78. The van der Waals surface area contributed by atoms with Crippen LogP contribution >= 0.6 is 0 Å². The van der Waals surface area contributed by atoms with Crippen molar-refractivity contribution in [2.45, 2.75) is 100 Å². The van der Waals surface area contributed by atoms with E-state index < -0.39 is 0 Å².